The van der Waals surface area contributed by atoms with Crippen LogP contribution in [0.25, 0.3) is 0 Å². The number of benzene rings is 3. The highest BCUT2D eigenvalue weighted by atomic mass is 79.9. The number of carbonyl (C=O) groups excluding carboxylic acids is 1. The van der Waals surface area contributed by atoms with E-state index < -0.39 is 0 Å². The van der Waals surface area contributed by atoms with Gasteiger partial charge >= 0.3 is 0 Å². The van der Waals surface area contributed by atoms with Gasteiger partial charge in [-0.05, 0) is 70.1 Å². The lowest BCUT2D eigenvalue weighted by molar-refractivity contribution is 0.0977. The van der Waals surface area contributed by atoms with Gasteiger partial charge in [0.05, 0.1) is 11.1 Å². The first-order valence-electron chi connectivity index (χ1n) is 8.85. The number of ether oxygens (including phenoxy) is 1. The van der Waals surface area contributed by atoms with Crippen molar-refractivity contribution < 1.29 is 9.53 Å². The van der Waals surface area contributed by atoms with Gasteiger partial charge in [-0.1, -0.05) is 52.3 Å². The van der Waals surface area contributed by atoms with Crippen LogP contribution in [0, 0.1) is 0 Å². The number of anilines is 1. The van der Waals surface area contributed by atoms with Gasteiger partial charge in [0.1, 0.15) is 5.75 Å². The molecule has 0 bridgehead atoms. The first kappa shape index (κ1) is 21.5. The number of nitrogens with one attached hydrogen (secondary N) is 2. The molecule has 1 amide bonds. The van der Waals surface area contributed by atoms with Gasteiger partial charge in [0.15, 0.2) is 5.11 Å². The Kier molecular flexibility index (Phi) is 7.80. The van der Waals surface area contributed by atoms with Crippen LogP contribution in [0.1, 0.15) is 15.9 Å². The van der Waals surface area contributed by atoms with Crippen molar-refractivity contribution in [1.82, 2.24) is 5.32 Å². The standard InChI is InChI=1S/C22H18Br2N2O2S/c23-17-7-4-8-18(14-17)25-22(29)26-21(27)16-9-10-20(19(24)13-16)28-12-11-15-5-2-1-3-6-15/h1-10,13-14H,11-12H2,(H2,25,26,27,29). The van der Waals surface area contributed by atoms with E-state index in [1.54, 1.807) is 18.2 Å². The lowest BCUT2D eigenvalue weighted by Gasteiger charge is -2.12. The molecule has 7 heteroatoms. The molecule has 4 nitrogen and oxygen atoms in total. The fourth-order valence-corrected chi connectivity index (χ4v) is 3.69. The minimum absolute atomic E-state index is 0.229. The summed E-state index contributed by atoms with van der Waals surface area (Å²) < 4.78 is 7.46. The van der Waals surface area contributed by atoms with E-state index in [4.69, 9.17) is 17.0 Å². The van der Waals surface area contributed by atoms with Crippen molar-refractivity contribution in [2.45, 2.75) is 6.42 Å². The molecule has 0 unspecified atom stereocenters. The third-order valence-corrected chi connectivity index (χ3v) is 5.31. The molecule has 0 aromatic heterocycles. The first-order valence-corrected chi connectivity index (χ1v) is 10.8. The number of hydrogen-bond donors (Lipinski definition) is 2. The van der Waals surface area contributed by atoms with Crippen LogP contribution in [0.2, 0.25) is 0 Å². The molecule has 3 aromatic rings. The summed E-state index contributed by atoms with van der Waals surface area (Å²) in [5, 5.41) is 5.89. The van der Waals surface area contributed by atoms with E-state index in [1.807, 2.05) is 42.5 Å². The first-order chi connectivity index (χ1) is 14.0. The van der Waals surface area contributed by atoms with E-state index in [1.165, 1.54) is 5.56 Å². The van der Waals surface area contributed by atoms with Crippen LogP contribution in [0.5, 0.6) is 5.75 Å². The molecule has 29 heavy (non-hydrogen) atoms. The normalized spacial score (nSPS) is 10.3. The van der Waals surface area contributed by atoms with Gasteiger partial charge in [0.25, 0.3) is 5.91 Å². The molecule has 2 N–H and O–H groups in total. The second-order valence-corrected chi connectivity index (χ2v) is 8.33. The molecule has 0 saturated carbocycles. The molecule has 0 aliphatic heterocycles. The summed E-state index contributed by atoms with van der Waals surface area (Å²) in [6.07, 6.45) is 0.811. The molecule has 0 aliphatic carbocycles. The zero-order chi connectivity index (χ0) is 20.6. The third kappa shape index (κ3) is 6.66. The number of rotatable bonds is 6. The smallest absolute Gasteiger partial charge is 0.257 e. The van der Waals surface area contributed by atoms with E-state index in [9.17, 15) is 4.79 Å². The predicted octanol–water partition coefficient (Wildman–Crippen LogP) is 5.96. The Morgan fingerprint density at radius 1 is 0.966 bits per heavy atom. The van der Waals surface area contributed by atoms with Crippen LogP contribution in [0.3, 0.4) is 0 Å². The van der Waals surface area contributed by atoms with Gasteiger partial charge < -0.3 is 10.1 Å². The van der Waals surface area contributed by atoms with Gasteiger partial charge in [-0.2, -0.15) is 0 Å². The molecule has 0 radical (unpaired) electrons. The summed E-state index contributed by atoms with van der Waals surface area (Å²) in [5.41, 5.74) is 2.48. The second-order valence-electron chi connectivity index (χ2n) is 6.15. The zero-order valence-electron chi connectivity index (χ0n) is 15.3. The molecule has 3 aromatic carbocycles. The highest BCUT2D eigenvalue weighted by molar-refractivity contribution is 9.10. The number of amides is 1. The topological polar surface area (TPSA) is 50.4 Å². The van der Waals surface area contributed by atoms with Crippen LogP contribution in [-0.2, 0) is 6.42 Å². The van der Waals surface area contributed by atoms with Gasteiger partial charge in [-0.15, -0.1) is 0 Å². The lowest BCUT2D eigenvalue weighted by atomic mass is 10.2. The minimum Gasteiger partial charge on any atom is -0.492 e. The number of hydrogen-bond acceptors (Lipinski definition) is 3. The van der Waals surface area contributed by atoms with E-state index in [2.05, 4.69) is 54.6 Å². The summed E-state index contributed by atoms with van der Waals surface area (Å²) in [6.45, 7) is 0.550. The maximum absolute atomic E-state index is 12.5. The van der Waals surface area contributed by atoms with Crippen molar-refractivity contribution in [3.8, 4) is 5.75 Å². The van der Waals surface area contributed by atoms with Crippen LogP contribution < -0.4 is 15.4 Å². The summed E-state index contributed by atoms with van der Waals surface area (Å²) in [6, 6.07) is 22.9. The highest BCUT2D eigenvalue weighted by Crippen LogP contribution is 2.26. The Morgan fingerprint density at radius 3 is 2.48 bits per heavy atom. The molecule has 0 aliphatic rings. The monoisotopic (exact) mass is 532 g/mol. The Morgan fingerprint density at radius 2 is 1.76 bits per heavy atom. The van der Waals surface area contributed by atoms with Crippen molar-refractivity contribution >= 4 is 60.8 Å². The van der Waals surface area contributed by atoms with E-state index in [0.717, 1.165) is 16.6 Å². The quantitative estimate of drug-likeness (QED) is 0.384. The van der Waals surface area contributed by atoms with E-state index in [0.29, 0.717) is 22.4 Å². The molecule has 0 heterocycles. The Balaban J connectivity index is 1.54. The largest absolute Gasteiger partial charge is 0.492 e. The molecular weight excluding hydrogens is 516 g/mol. The van der Waals surface area contributed by atoms with E-state index in [-0.39, 0.29) is 11.0 Å². The summed E-state index contributed by atoms with van der Waals surface area (Å²) in [5.74, 6) is 0.390. The fourth-order valence-electron chi connectivity index (χ4n) is 2.59. The Labute approximate surface area is 191 Å². The Hall–Kier alpha value is -2.22. The maximum Gasteiger partial charge on any atom is 0.257 e. The summed E-state index contributed by atoms with van der Waals surface area (Å²) >= 11 is 12.1. The fraction of sp³-hybridized carbons (Fsp3) is 0.0909. The third-order valence-electron chi connectivity index (χ3n) is 3.99. The molecule has 148 valence electrons. The number of carbonyl (C=O) groups is 1. The molecule has 0 saturated heterocycles. The summed E-state index contributed by atoms with van der Waals surface area (Å²) in [7, 11) is 0. The van der Waals surface area contributed by atoms with Gasteiger partial charge in [0, 0.05) is 22.1 Å². The highest BCUT2D eigenvalue weighted by Gasteiger charge is 2.11. The van der Waals surface area contributed by atoms with Gasteiger partial charge in [0.2, 0.25) is 0 Å². The number of halogens is 2. The molecule has 0 spiro atoms. The van der Waals surface area contributed by atoms with Crippen LogP contribution >= 0.6 is 44.1 Å². The molecule has 0 atom stereocenters. The average molecular weight is 534 g/mol. The molecule has 3 rings (SSSR count). The SMILES string of the molecule is O=C(NC(=S)Nc1cccc(Br)c1)c1ccc(OCCc2ccccc2)c(Br)c1. The maximum atomic E-state index is 12.5. The van der Waals surface area contributed by atoms with Gasteiger partial charge in [-0.3, -0.25) is 10.1 Å². The van der Waals surface area contributed by atoms with Crippen molar-refractivity contribution in [3.05, 3.63) is 92.9 Å². The van der Waals surface area contributed by atoms with Gasteiger partial charge in [-0.25, -0.2) is 0 Å². The Bertz CT molecular complexity index is 1010. The van der Waals surface area contributed by atoms with E-state index >= 15 is 0 Å². The minimum atomic E-state index is -0.297. The lowest BCUT2D eigenvalue weighted by Crippen LogP contribution is -2.34. The molecule has 0 fully saturated rings. The van der Waals surface area contributed by atoms with Crippen LogP contribution in [-0.4, -0.2) is 17.6 Å². The number of thiocarbonyl (C=S) groups is 1. The van der Waals surface area contributed by atoms with Crippen LogP contribution in [0.15, 0.2) is 81.7 Å². The average Bonchev–Trinajstić information content (AvgIpc) is 2.70. The van der Waals surface area contributed by atoms with Crippen molar-refractivity contribution in [3.63, 3.8) is 0 Å². The van der Waals surface area contributed by atoms with Crippen molar-refractivity contribution in [1.29, 1.82) is 0 Å². The van der Waals surface area contributed by atoms with Crippen LogP contribution in [0.4, 0.5) is 5.69 Å². The predicted molar refractivity (Wildman–Crippen MR) is 128 cm³/mol. The second kappa shape index (κ2) is 10.5. The van der Waals surface area contributed by atoms with Crippen molar-refractivity contribution in [2.75, 3.05) is 11.9 Å². The van der Waals surface area contributed by atoms with Crippen molar-refractivity contribution in [2.24, 2.45) is 0 Å². The molecular formula is C22H18Br2N2O2S. The zero-order valence-corrected chi connectivity index (χ0v) is 19.3. The summed E-state index contributed by atoms with van der Waals surface area (Å²) in [4.78, 5) is 12.5.